The summed E-state index contributed by atoms with van der Waals surface area (Å²) in [5, 5.41) is 0.838. The average Bonchev–Trinajstić information content (AvgIpc) is 2.05. The number of hydrogen-bond donors (Lipinski definition) is 0. The topological polar surface area (TPSA) is 17.1 Å². The molecule has 0 amide bonds. The van der Waals surface area contributed by atoms with Crippen LogP contribution in [0.4, 0.5) is 0 Å². The van der Waals surface area contributed by atoms with Gasteiger partial charge in [-0.05, 0) is 12.5 Å². The minimum absolute atomic E-state index is 0. The molecule has 0 aliphatic rings. The molecule has 0 atom stereocenters. The number of carbonyl (C=O) groups is 1. The maximum Gasteiger partial charge on any atom is 0.159 e. The molecule has 0 saturated heterocycles. The molecule has 1 aromatic carbocycles. The van der Waals surface area contributed by atoms with Crippen molar-refractivity contribution in [3.05, 3.63) is 35.4 Å². The maximum atomic E-state index is 10.8. The van der Waals surface area contributed by atoms with Crippen molar-refractivity contribution in [2.45, 2.75) is 12.3 Å². The van der Waals surface area contributed by atoms with E-state index in [9.17, 15) is 4.79 Å². The lowest BCUT2D eigenvalue weighted by Crippen LogP contribution is -1.90. The molecule has 0 N–H and O–H groups in total. The van der Waals surface area contributed by atoms with Crippen LogP contribution in [0.15, 0.2) is 24.3 Å². The highest BCUT2D eigenvalue weighted by molar-refractivity contribution is 9.08. The molecule has 0 radical (unpaired) electrons. The first-order chi connectivity index (χ1) is 5.24. The summed E-state index contributed by atoms with van der Waals surface area (Å²) in [6.45, 7) is 1.57. The molecule has 0 spiro atoms. The van der Waals surface area contributed by atoms with Crippen LogP contribution in [0.5, 0.6) is 0 Å². The zero-order valence-electron chi connectivity index (χ0n) is 6.71. The molecule has 12 heavy (non-hydrogen) atoms. The van der Waals surface area contributed by atoms with Crippen molar-refractivity contribution in [3.63, 3.8) is 0 Å². The number of benzene rings is 1. The second kappa shape index (κ2) is 5.49. The van der Waals surface area contributed by atoms with E-state index in [1.54, 1.807) is 6.92 Å². The Morgan fingerprint density at radius 2 is 1.83 bits per heavy atom. The van der Waals surface area contributed by atoms with Gasteiger partial charge in [-0.2, -0.15) is 0 Å². The van der Waals surface area contributed by atoms with Gasteiger partial charge in [-0.1, -0.05) is 40.2 Å². The van der Waals surface area contributed by atoms with Crippen LogP contribution >= 0.6 is 32.9 Å². The van der Waals surface area contributed by atoms with Gasteiger partial charge in [-0.15, -0.1) is 17.0 Å². The molecule has 0 aliphatic heterocycles. The van der Waals surface area contributed by atoms with Crippen LogP contribution in [0.3, 0.4) is 0 Å². The van der Waals surface area contributed by atoms with Gasteiger partial charge in [0.05, 0.1) is 0 Å². The van der Waals surface area contributed by atoms with E-state index in [0.717, 1.165) is 10.9 Å². The third-order valence-corrected chi connectivity index (χ3v) is 2.16. The van der Waals surface area contributed by atoms with E-state index in [1.807, 2.05) is 24.3 Å². The number of alkyl halides is 1. The third kappa shape index (κ3) is 3.07. The SMILES string of the molecule is Br.CC(=O)c1ccc(CBr)cc1. The standard InChI is InChI=1S/C9H9BrO.BrH/c1-7(11)9-4-2-8(6-10)3-5-9;/h2-5H,6H2,1H3;1H. The normalized spacial score (nSPS) is 8.83. The highest BCUT2D eigenvalue weighted by atomic mass is 79.9. The molecule has 66 valence electrons. The van der Waals surface area contributed by atoms with E-state index in [0.29, 0.717) is 0 Å². The number of ketones is 1. The molecular weight excluding hydrogens is 284 g/mol. The number of Topliss-reactive ketones (excluding diaryl/α,β-unsaturated/α-hetero) is 1. The van der Waals surface area contributed by atoms with E-state index in [4.69, 9.17) is 0 Å². The number of hydrogen-bond acceptors (Lipinski definition) is 1. The smallest absolute Gasteiger partial charge is 0.159 e. The first-order valence-electron chi connectivity index (χ1n) is 3.40. The number of carbonyl (C=O) groups excluding carboxylic acids is 1. The summed E-state index contributed by atoms with van der Waals surface area (Å²) in [6, 6.07) is 7.59. The first kappa shape index (κ1) is 11.8. The Hall–Kier alpha value is -0.150. The quantitative estimate of drug-likeness (QED) is 0.604. The minimum atomic E-state index is 0. The minimum Gasteiger partial charge on any atom is -0.295 e. The number of rotatable bonds is 2. The van der Waals surface area contributed by atoms with Gasteiger partial charge in [0.15, 0.2) is 5.78 Å². The van der Waals surface area contributed by atoms with Crippen molar-refractivity contribution in [3.8, 4) is 0 Å². The maximum absolute atomic E-state index is 10.8. The van der Waals surface area contributed by atoms with Gasteiger partial charge < -0.3 is 0 Å². The van der Waals surface area contributed by atoms with Crippen molar-refractivity contribution in [1.82, 2.24) is 0 Å². The highest BCUT2D eigenvalue weighted by Gasteiger charge is 1.96. The van der Waals surface area contributed by atoms with Crippen molar-refractivity contribution >= 4 is 38.7 Å². The molecule has 1 nitrogen and oxygen atoms in total. The van der Waals surface area contributed by atoms with Gasteiger partial charge in [0.25, 0.3) is 0 Å². The van der Waals surface area contributed by atoms with Gasteiger partial charge in [0.2, 0.25) is 0 Å². The van der Waals surface area contributed by atoms with Crippen molar-refractivity contribution in [2.75, 3.05) is 0 Å². The summed E-state index contributed by atoms with van der Waals surface area (Å²) >= 11 is 3.33. The van der Waals surface area contributed by atoms with E-state index < -0.39 is 0 Å². The Kier molecular flexibility index (Phi) is 5.42. The fraction of sp³-hybridized carbons (Fsp3) is 0.222. The lowest BCUT2D eigenvalue weighted by molar-refractivity contribution is 0.101. The summed E-state index contributed by atoms with van der Waals surface area (Å²) in [6.07, 6.45) is 0. The Morgan fingerprint density at radius 3 is 2.17 bits per heavy atom. The molecule has 0 aromatic heterocycles. The van der Waals surface area contributed by atoms with Crippen LogP contribution in [-0.4, -0.2) is 5.78 Å². The Morgan fingerprint density at radius 1 is 1.33 bits per heavy atom. The monoisotopic (exact) mass is 292 g/mol. The summed E-state index contributed by atoms with van der Waals surface area (Å²) in [5.74, 6) is 0.117. The van der Waals surface area contributed by atoms with Crippen molar-refractivity contribution in [1.29, 1.82) is 0 Å². The van der Waals surface area contributed by atoms with Gasteiger partial charge in [0, 0.05) is 10.9 Å². The van der Waals surface area contributed by atoms with Crippen LogP contribution in [0.1, 0.15) is 22.8 Å². The summed E-state index contributed by atoms with van der Waals surface area (Å²) < 4.78 is 0. The van der Waals surface area contributed by atoms with E-state index >= 15 is 0 Å². The zero-order valence-corrected chi connectivity index (χ0v) is 10.0. The lowest BCUT2D eigenvalue weighted by Gasteiger charge is -1.96. The summed E-state index contributed by atoms with van der Waals surface area (Å²) in [4.78, 5) is 10.8. The predicted molar refractivity (Wildman–Crippen MR) is 59.4 cm³/mol. The van der Waals surface area contributed by atoms with Crippen LogP contribution in [-0.2, 0) is 5.33 Å². The van der Waals surface area contributed by atoms with Crippen LogP contribution in [0.25, 0.3) is 0 Å². The fourth-order valence-electron chi connectivity index (χ4n) is 0.829. The second-order valence-electron chi connectivity index (χ2n) is 2.39. The van der Waals surface area contributed by atoms with Gasteiger partial charge in [-0.3, -0.25) is 4.79 Å². The molecule has 1 rings (SSSR count). The van der Waals surface area contributed by atoms with Crippen molar-refractivity contribution < 1.29 is 4.79 Å². The highest BCUT2D eigenvalue weighted by Crippen LogP contribution is 2.07. The Balaban J connectivity index is 0.00000121. The molecule has 1 aromatic rings. The van der Waals surface area contributed by atoms with Crippen molar-refractivity contribution in [2.24, 2.45) is 0 Å². The van der Waals surface area contributed by atoms with Crippen LogP contribution in [0, 0.1) is 0 Å². The molecule has 3 heteroatoms. The largest absolute Gasteiger partial charge is 0.295 e. The molecule has 0 fully saturated rings. The number of halogens is 2. The van der Waals surface area contributed by atoms with E-state index in [-0.39, 0.29) is 22.8 Å². The Labute approximate surface area is 91.1 Å². The Bertz CT molecular complexity index is 254. The molecule has 0 bridgehead atoms. The average molecular weight is 294 g/mol. The molecular formula is C9H10Br2O. The lowest BCUT2D eigenvalue weighted by atomic mass is 10.1. The zero-order chi connectivity index (χ0) is 8.27. The second-order valence-corrected chi connectivity index (χ2v) is 2.95. The van der Waals surface area contributed by atoms with Gasteiger partial charge >= 0.3 is 0 Å². The third-order valence-electron chi connectivity index (χ3n) is 1.51. The molecule has 0 aliphatic carbocycles. The predicted octanol–water partition coefficient (Wildman–Crippen LogP) is 3.36. The molecule has 0 unspecified atom stereocenters. The fourth-order valence-corrected chi connectivity index (χ4v) is 1.20. The summed E-state index contributed by atoms with van der Waals surface area (Å²) in [7, 11) is 0. The van der Waals surface area contributed by atoms with Crippen LogP contribution in [0.2, 0.25) is 0 Å². The van der Waals surface area contributed by atoms with E-state index in [1.165, 1.54) is 5.56 Å². The van der Waals surface area contributed by atoms with Gasteiger partial charge in [0.1, 0.15) is 0 Å². The molecule has 0 saturated carbocycles. The summed E-state index contributed by atoms with van der Waals surface area (Å²) in [5.41, 5.74) is 1.96. The van der Waals surface area contributed by atoms with Gasteiger partial charge in [-0.25, -0.2) is 0 Å². The molecule has 0 heterocycles. The van der Waals surface area contributed by atoms with E-state index in [2.05, 4.69) is 15.9 Å². The first-order valence-corrected chi connectivity index (χ1v) is 4.52. The van der Waals surface area contributed by atoms with Crippen LogP contribution < -0.4 is 0 Å².